The van der Waals surface area contributed by atoms with Crippen LogP contribution in [0.3, 0.4) is 0 Å². The number of rotatable bonds is 7. The first-order chi connectivity index (χ1) is 8.56. The minimum absolute atomic E-state index is 0.421. The number of hydrogen-bond acceptors (Lipinski definition) is 2. The van der Waals surface area contributed by atoms with Gasteiger partial charge in [0.05, 0.1) is 6.61 Å². The molecule has 0 aliphatic rings. The minimum atomic E-state index is 0.421. The first-order valence-corrected chi connectivity index (χ1v) is 6.92. The molecule has 0 fully saturated rings. The number of ether oxygens (including phenoxy) is 1. The summed E-state index contributed by atoms with van der Waals surface area (Å²) in [4.78, 5) is 0. The highest BCUT2D eigenvalue weighted by molar-refractivity contribution is 5.32. The van der Waals surface area contributed by atoms with Gasteiger partial charge in [0.15, 0.2) is 0 Å². The van der Waals surface area contributed by atoms with E-state index in [-0.39, 0.29) is 0 Å². The summed E-state index contributed by atoms with van der Waals surface area (Å²) >= 11 is 0. The third-order valence-electron chi connectivity index (χ3n) is 3.58. The summed E-state index contributed by atoms with van der Waals surface area (Å²) in [7, 11) is 0. The zero-order chi connectivity index (χ0) is 13.5. The molecule has 1 rings (SSSR count). The maximum absolute atomic E-state index is 5.54. The summed E-state index contributed by atoms with van der Waals surface area (Å²) in [6.07, 6.45) is 0. The topological polar surface area (TPSA) is 21.3 Å². The second-order valence-corrected chi connectivity index (χ2v) is 5.25. The monoisotopic (exact) mass is 249 g/mol. The van der Waals surface area contributed by atoms with Gasteiger partial charge in [-0.25, -0.2) is 0 Å². The Morgan fingerprint density at radius 2 is 1.94 bits per heavy atom. The van der Waals surface area contributed by atoms with Crippen LogP contribution in [0.4, 0.5) is 0 Å². The standard InChI is InChI=1S/C16H27NO/c1-6-18-11-16(12(2)3)17-10-15-9-7-8-13(4)14(15)5/h7-9,12,16-17H,6,10-11H2,1-5H3. The van der Waals surface area contributed by atoms with E-state index >= 15 is 0 Å². The molecule has 0 amide bonds. The first-order valence-electron chi connectivity index (χ1n) is 6.92. The zero-order valence-corrected chi connectivity index (χ0v) is 12.4. The zero-order valence-electron chi connectivity index (χ0n) is 12.4. The van der Waals surface area contributed by atoms with E-state index in [0.717, 1.165) is 19.8 Å². The summed E-state index contributed by atoms with van der Waals surface area (Å²) in [5.74, 6) is 0.585. The molecular weight excluding hydrogens is 222 g/mol. The molecule has 1 N–H and O–H groups in total. The van der Waals surface area contributed by atoms with Gasteiger partial charge in [0.25, 0.3) is 0 Å². The molecule has 2 heteroatoms. The molecule has 0 saturated heterocycles. The van der Waals surface area contributed by atoms with Crippen molar-refractivity contribution < 1.29 is 4.74 Å². The van der Waals surface area contributed by atoms with E-state index in [1.807, 2.05) is 6.92 Å². The predicted octanol–water partition coefficient (Wildman–Crippen LogP) is 3.45. The van der Waals surface area contributed by atoms with E-state index in [1.165, 1.54) is 16.7 Å². The molecule has 0 radical (unpaired) electrons. The Kier molecular flexibility index (Phi) is 6.37. The van der Waals surface area contributed by atoms with E-state index < -0.39 is 0 Å². The van der Waals surface area contributed by atoms with E-state index in [0.29, 0.717) is 12.0 Å². The molecule has 18 heavy (non-hydrogen) atoms. The molecule has 2 nitrogen and oxygen atoms in total. The molecule has 0 aliphatic carbocycles. The summed E-state index contributed by atoms with van der Waals surface area (Å²) in [6.45, 7) is 13.4. The lowest BCUT2D eigenvalue weighted by Crippen LogP contribution is -2.37. The van der Waals surface area contributed by atoms with Crippen molar-refractivity contribution in [3.05, 3.63) is 34.9 Å². The number of benzene rings is 1. The van der Waals surface area contributed by atoms with Gasteiger partial charge in [-0.3, -0.25) is 0 Å². The Bertz CT molecular complexity index is 360. The Balaban J connectivity index is 2.58. The first kappa shape index (κ1) is 15.2. The summed E-state index contributed by atoms with van der Waals surface area (Å²) in [5, 5.41) is 3.61. The molecule has 1 aromatic rings. The van der Waals surface area contributed by atoms with Gasteiger partial charge in [0, 0.05) is 19.2 Å². The van der Waals surface area contributed by atoms with Gasteiger partial charge in [-0.1, -0.05) is 32.0 Å². The SMILES string of the molecule is CCOCC(NCc1cccc(C)c1C)C(C)C. The molecule has 0 spiro atoms. The quantitative estimate of drug-likeness (QED) is 0.799. The number of hydrogen-bond donors (Lipinski definition) is 1. The lowest BCUT2D eigenvalue weighted by atomic mass is 10.0. The highest BCUT2D eigenvalue weighted by atomic mass is 16.5. The smallest absolute Gasteiger partial charge is 0.0622 e. The maximum atomic E-state index is 5.54. The lowest BCUT2D eigenvalue weighted by molar-refractivity contribution is 0.108. The second-order valence-electron chi connectivity index (χ2n) is 5.25. The molecule has 1 aromatic carbocycles. The van der Waals surface area contributed by atoms with Crippen molar-refractivity contribution >= 4 is 0 Å². The van der Waals surface area contributed by atoms with Crippen molar-refractivity contribution in [1.29, 1.82) is 0 Å². The fourth-order valence-corrected chi connectivity index (χ4v) is 1.98. The van der Waals surface area contributed by atoms with Gasteiger partial charge >= 0.3 is 0 Å². The van der Waals surface area contributed by atoms with E-state index in [9.17, 15) is 0 Å². The predicted molar refractivity (Wildman–Crippen MR) is 77.9 cm³/mol. The van der Waals surface area contributed by atoms with Crippen molar-refractivity contribution in [2.75, 3.05) is 13.2 Å². The fourth-order valence-electron chi connectivity index (χ4n) is 1.98. The van der Waals surface area contributed by atoms with Gasteiger partial charge in [-0.2, -0.15) is 0 Å². The Labute approximate surface area is 112 Å². The van der Waals surface area contributed by atoms with Crippen LogP contribution in [0.25, 0.3) is 0 Å². The van der Waals surface area contributed by atoms with Gasteiger partial charge in [0.2, 0.25) is 0 Å². The van der Waals surface area contributed by atoms with Gasteiger partial charge in [0.1, 0.15) is 0 Å². The molecule has 0 heterocycles. The van der Waals surface area contributed by atoms with Crippen LogP contribution >= 0.6 is 0 Å². The second kappa shape index (κ2) is 7.55. The van der Waals surface area contributed by atoms with Crippen molar-refractivity contribution in [1.82, 2.24) is 5.32 Å². The minimum Gasteiger partial charge on any atom is -0.380 e. The van der Waals surface area contributed by atoms with E-state index in [1.54, 1.807) is 0 Å². The van der Waals surface area contributed by atoms with E-state index in [2.05, 4.69) is 51.2 Å². The lowest BCUT2D eigenvalue weighted by Gasteiger charge is -2.23. The van der Waals surface area contributed by atoms with Crippen LogP contribution in [0.15, 0.2) is 18.2 Å². The normalized spacial score (nSPS) is 13.0. The van der Waals surface area contributed by atoms with Gasteiger partial charge < -0.3 is 10.1 Å². The molecule has 0 aliphatic heterocycles. The molecule has 0 aromatic heterocycles. The molecule has 1 unspecified atom stereocenters. The maximum Gasteiger partial charge on any atom is 0.0622 e. The number of nitrogens with one attached hydrogen (secondary N) is 1. The fraction of sp³-hybridized carbons (Fsp3) is 0.625. The van der Waals surface area contributed by atoms with Crippen LogP contribution in [0.5, 0.6) is 0 Å². The Morgan fingerprint density at radius 1 is 1.22 bits per heavy atom. The summed E-state index contributed by atoms with van der Waals surface area (Å²) in [5.41, 5.74) is 4.14. The molecule has 102 valence electrons. The van der Waals surface area contributed by atoms with Crippen LogP contribution in [-0.4, -0.2) is 19.3 Å². The highest BCUT2D eigenvalue weighted by Gasteiger charge is 2.13. The average molecular weight is 249 g/mol. The van der Waals surface area contributed by atoms with Gasteiger partial charge in [-0.05, 0) is 43.4 Å². The van der Waals surface area contributed by atoms with Gasteiger partial charge in [-0.15, -0.1) is 0 Å². The molecule has 0 saturated carbocycles. The molecule has 1 atom stereocenters. The molecular formula is C16H27NO. The van der Waals surface area contributed by atoms with Crippen LogP contribution in [-0.2, 0) is 11.3 Å². The van der Waals surface area contributed by atoms with Crippen molar-refractivity contribution in [3.8, 4) is 0 Å². The Morgan fingerprint density at radius 3 is 2.56 bits per heavy atom. The van der Waals surface area contributed by atoms with Crippen molar-refractivity contribution in [3.63, 3.8) is 0 Å². The highest BCUT2D eigenvalue weighted by Crippen LogP contribution is 2.13. The van der Waals surface area contributed by atoms with E-state index in [4.69, 9.17) is 4.74 Å². The van der Waals surface area contributed by atoms with Crippen LogP contribution in [0.1, 0.15) is 37.5 Å². The van der Waals surface area contributed by atoms with Crippen molar-refractivity contribution in [2.24, 2.45) is 5.92 Å². The largest absolute Gasteiger partial charge is 0.380 e. The van der Waals surface area contributed by atoms with Crippen LogP contribution in [0.2, 0.25) is 0 Å². The molecule has 0 bridgehead atoms. The average Bonchev–Trinajstić information content (AvgIpc) is 2.33. The van der Waals surface area contributed by atoms with Crippen LogP contribution in [0, 0.1) is 19.8 Å². The Hall–Kier alpha value is -0.860. The number of aryl methyl sites for hydroxylation is 1. The summed E-state index contributed by atoms with van der Waals surface area (Å²) in [6, 6.07) is 6.92. The summed E-state index contributed by atoms with van der Waals surface area (Å²) < 4.78 is 5.54. The van der Waals surface area contributed by atoms with Crippen molar-refractivity contribution in [2.45, 2.75) is 47.2 Å². The third-order valence-corrected chi connectivity index (χ3v) is 3.58. The third kappa shape index (κ3) is 4.43. The van der Waals surface area contributed by atoms with Crippen LogP contribution < -0.4 is 5.32 Å².